The van der Waals surface area contributed by atoms with E-state index in [1.165, 1.54) is 16.8 Å². The molecule has 3 heteroatoms. The van der Waals surface area contributed by atoms with Crippen LogP contribution in [0, 0.1) is 6.92 Å². The van der Waals surface area contributed by atoms with Gasteiger partial charge >= 0.3 is 0 Å². The van der Waals surface area contributed by atoms with Crippen molar-refractivity contribution in [3.05, 3.63) is 53.6 Å². The lowest BCUT2D eigenvalue weighted by molar-refractivity contribution is 0.410. The molecule has 0 aromatic heterocycles. The third kappa shape index (κ3) is 3.44. The summed E-state index contributed by atoms with van der Waals surface area (Å²) >= 11 is 0. The summed E-state index contributed by atoms with van der Waals surface area (Å²) in [6.45, 7) is 2.84. The van der Waals surface area contributed by atoms with Gasteiger partial charge in [0.2, 0.25) is 0 Å². The Labute approximate surface area is 121 Å². The highest BCUT2D eigenvalue weighted by Crippen LogP contribution is 2.22. The Bertz CT molecular complexity index is 579. The largest absolute Gasteiger partial charge is 0.496 e. The molecule has 0 heterocycles. The van der Waals surface area contributed by atoms with Crippen LogP contribution in [0.3, 0.4) is 0 Å². The molecule has 0 saturated carbocycles. The van der Waals surface area contributed by atoms with Crippen LogP contribution < -0.4 is 15.0 Å². The van der Waals surface area contributed by atoms with Gasteiger partial charge in [0.15, 0.2) is 0 Å². The minimum Gasteiger partial charge on any atom is -0.496 e. The van der Waals surface area contributed by atoms with Crippen LogP contribution in [0.15, 0.2) is 42.5 Å². The zero-order chi connectivity index (χ0) is 14.5. The SMILES string of the molecule is COc1ccc(C)cc1CNc1cccc(N(C)C)c1. The van der Waals surface area contributed by atoms with E-state index in [1.54, 1.807) is 7.11 Å². The van der Waals surface area contributed by atoms with Crippen molar-refractivity contribution < 1.29 is 4.74 Å². The summed E-state index contributed by atoms with van der Waals surface area (Å²) < 4.78 is 5.40. The number of rotatable bonds is 5. The molecule has 2 rings (SSSR count). The molecule has 20 heavy (non-hydrogen) atoms. The van der Waals surface area contributed by atoms with Crippen molar-refractivity contribution in [3.8, 4) is 5.75 Å². The minimum atomic E-state index is 0.752. The average Bonchev–Trinajstić information content (AvgIpc) is 2.45. The summed E-state index contributed by atoms with van der Waals surface area (Å²) in [5, 5.41) is 3.45. The molecule has 0 radical (unpaired) electrons. The number of methoxy groups -OCH3 is 1. The zero-order valence-corrected chi connectivity index (χ0v) is 12.6. The lowest BCUT2D eigenvalue weighted by atomic mass is 10.1. The predicted octanol–water partition coefficient (Wildman–Crippen LogP) is 3.68. The maximum absolute atomic E-state index is 5.40. The highest BCUT2D eigenvalue weighted by atomic mass is 16.5. The van der Waals surface area contributed by atoms with E-state index in [4.69, 9.17) is 4.74 Å². The standard InChI is InChI=1S/C17H22N2O/c1-13-8-9-17(20-4)14(10-13)12-18-15-6-5-7-16(11-15)19(2)3/h5-11,18H,12H2,1-4H3. The molecule has 0 aliphatic heterocycles. The van der Waals surface area contributed by atoms with Crippen LogP contribution in [0.5, 0.6) is 5.75 Å². The van der Waals surface area contributed by atoms with Gasteiger partial charge in [-0.25, -0.2) is 0 Å². The number of aryl methyl sites for hydroxylation is 1. The first kappa shape index (κ1) is 14.3. The van der Waals surface area contributed by atoms with Crippen molar-refractivity contribution in [2.24, 2.45) is 0 Å². The Balaban J connectivity index is 2.12. The average molecular weight is 270 g/mol. The first-order valence-electron chi connectivity index (χ1n) is 6.75. The van der Waals surface area contributed by atoms with Crippen LogP contribution in [0.4, 0.5) is 11.4 Å². The lowest BCUT2D eigenvalue weighted by Gasteiger charge is -2.15. The second-order valence-corrected chi connectivity index (χ2v) is 5.11. The van der Waals surface area contributed by atoms with Gasteiger partial charge in [-0.3, -0.25) is 0 Å². The Hall–Kier alpha value is -2.16. The van der Waals surface area contributed by atoms with E-state index < -0.39 is 0 Å². The highest BCUT2D eigenvalue weighted by Gasteiger charge is 2.04. The summed E-state index contributed by atoms with van der Waals surface area (Å²) in [6, 6.07) is 14.6. The van der Waals surface area contributed by atoms with Crippen molar-refractivity contribution in [2.45, 2.75) is 13.5 Å². The smallest absolute Gasteiger partial charge is 0.123 e. The van der Waals surface area contributed by atoms with Gasteiger partial charge in [0.1, 0.15) is 5.75 Å². The molecule has 0 atom stereocenters. The molecule has 0 amide bonds. The number of benzene rings is 2. The molecular weight excluding hydrogens is 248 g/mol. The fraction of sp³-hybridized carbons (Fsp3) is 0.294. The summed E-state index contributed by atoms with van der Waals surface area (Å²) in [5.74, 6) is 0.923. The molecular formula is C17H22N2O. The Morgan fingerprint density at radius 2 is 1.90 bits per heavy atom. The molecule has 0 aliphatic carbocycles. The van der Waals surface area contributed by atoms with Crippen LogP contribution in [0.1, 0.15) is 11.1 Å². The van der Waals surface area contributed by atoms with Gasteiger partial charge in [0.25, 0.3) is 0 Å². The van der Waals surface area contributed by atoms with Gasteiger partial charge in [-0.15, -0.1) is 0 Å². The molecule has 0 aliphatic rings. The molecule has 0 fully saturated rings. The van der Waals surface area contributed by atoms with Crippen LogP contribution in [-0.4, -0.2) is 21.2 Å². The van der Waals surface area contributed by atoms with Crippen molar-refractivity contribution in [1.29, 1.82) is 0 Å². The van der Waals surface area contributed by atoms with E-state index in [9.17, 15) is 0 Å². The van der Waals surface area contributed by atoms with E-state index >= 15 is 0 Å². The van der Waals surface area contributed by atoms with Gasteiger partial charge in [-0.05, 0) is 31.2 Å². The van der Waals surface area contributed by atoms with Gasteiger partial charge < -0.3 is 15.0 Å². The molecule has 0 saturated heterocycles. The maximum atomic E-state index is 5.40. The zero-order valence-electron chi connectivity index (χ0n) is 12.6. The molecule has 0 bridgehead atoms. The van der Waals surface area contributed by atoms with E-state index in [0.29, 0.717) is 0 Å². The number of hydrogen-bond acceptors (Lipinski definition) is 3. The second kappa shape index (κ2) is 6.33. The minimum absolute atomic E-state index is 0.752. The summed E-state index contributed by atoms with van der Waals surface area (Å²) in [6.07, 6.45) is 0. The van der Waals surface area contributed by atoms with Crippen molar-refractivity contribution in [2.75, 3.05) is 31.4 Å². The van der Waals surface area contributed by atoms with Gasteiger partial charge in [0, 0.05) is 37.6 Å². The second-order valence-electron chi connectivity index (χ2n) is 5.11. The number of hydrogen-bond donors (Lipinski definition) is 1. The van der Waals surface area contributed by atoms with Crippen LogP contribution in [-0.2, 0) is 6.54 Å². The molecule has 106 valence electrons. The van der Waals surface area contributed by atoms with E-state index in [2.05, 4.69) is 53.5 Å². The first-order valence-corrected chi connectivity index (χ1v) is 6.75. The normalized spacial score (nSPS) is 10.2. The fourth-order valence-electron chi connectivity index (χ4n) is 2.14. The third-order valence-electron chi connectivity index (χ3n) is 3.28. The highest BCUT2D eigenvalue weighted by molar-refractivity contribution is 5.57. The molecule has 3 nitrogen and oxygen atoms in total. The van der Waals surface area contributed by atoms with Gasteiger partial charge in [-0.1, -0.05) is 23.8 Å². The molecule has 1 N–H and O–H groups in total. The number of ether oxygens (including phenoxy) is 1. The topological polar surface area (TPSA) is 24.5 Å². The Morgan fingerprint density at radius 3 is 2.60 bits per heavy atom. The lowest BCUT2D eigenvalue weighted by Crippen LogP contribution is -2.09. The fourth-order valence-corrected chi connectivity index (χ4v) is 2.14. The molecule has 2 aromatic carbocycles. The third-order valence-corrected chi connectivity index (χ3v) is 3.28. The number of nitrogens with one attached hydrogen (secondary N) is 1. The van der Waals surface area contributed by atoms with E-state index in [-0.39, 0.29) is 0 Å². The molecule has 0 unspecified atom stereocenters. The molecule has 0 spiro atoms. The van der Waals surface area contributed by atoms with Gasteiger partial charge in [-0.2, -0.15) is 0 Å². The summed E-state index contributed by atoms with van der Waals surface area (Å²) in [4.78, 5) is 2.10. The monoisotopic (exact) mass is 270 g/mol. The quantitative estimate of drug-likeness (QED) is 0.897. The number of anilines is 2. The van der Waals surface area contributed by atoms with Crippen molar-refractivity contribution in [3.63, 3.8) is 0 Å². The van der Waals surface area contributed by atoms with Crippen molar-refractivity contribution >= 4 is 11.4 Å². The first-order chi connectivity index (χ1) is 9.60. The Kier molecular flexibility index (Phi) is 4.51. The molecule has 2 aromatic rings. The maximum Gasteiger partial charge on any atom is 0.123 e. The summed E-state index contributed by atoms with van der Waals surface area (Å²) in [5.41, 5.74) is 4.71. The Morgan fingerprint density at radius 1 is 1.10 bits per heavy atom. The summed E-state index contributed by atoms with van der Waals surface area (Å²) in [7, 11) is 5.80. The van der Waals surface area contributed by atoms with E-state index in [0.717, 1.165) is 18.0 Å². The van der Waals surface area contributed by atoms with Crippen LogP contribution in [0.2, 0.25) is 0 Å². The van der Waals surface area contributed by atoms with Crippen LogP contribution in [0.25, 0.3) is 0 Å². The van der Waals surface area contributed by atoms with E-state index in [1.807, 2.05) is 20.2 Å². The number of nitrogens with zero attached hydrogens (tertiary/aromatic N) is 1. The predicted molar refractivity (Wildman–Crippen MR) is 85.8 cm³/mol. The van der Waals surface area contributed by atoms with Gasteiger partial charge in [0.05, 0.1) is 7.11 Å². The van der Waals surface area contributed by atoms with Crippen LogP contribution >= 0.6 is 0 Å². The van der Waals surface area contributed by atoms with Crippen molar-refractivity contribution in [1.82, 2.24) is 0 Å².